The highest BCUT2D eigenvalue weighted by Gasteiger charge is 2.22. The molecule has 3 nitrogen and oxygen atoms in total. The molecule has 1 N–H and O–H groups in total. The van der Waals surface area contributed by atoms with Gasteiger partial charge >= 0.3 is 0 Å². The number of ether oxygens (including phenoxy) is 1. The predicted octanol–water partition coefficient (Wildman–Crippen LogP) is 5.28. The van der Waals surface area contributed by atoms with Gasteiger partial charge in [0.1, 0.15) is 11.6 Å². The summed E-state index contributed by atoms with van der Waals surface area (Å²) in [6.45, 7) is 1.88. The van der Waals surface area contributed by atoms with Crippen LogP contribution in [0.2, 0.25) is 0 Å². The Kier molecular flexibility index (Phi) is 6.53. The quantitative estimate of drug-likeness (QED) is 0.547. The molecule has 0 bridgehead atoms. The molecule has 0 spiro atoms. The third kappa shape index (κ3) is 5.11. The zero-order valence-electron chi connectivity index (χ0n) is 15.0. The van der Waals surface area contributed by atoms with Crippen molar-refractivity contribution in [1.29, 1.82) is 0 Å². The van der Waals surface area contributed by atoms with Gasteiger partial charge in [-0.3, -0.25) is 4.79 Å². The first-order valence-corrected chi connectivity index (χ1v) is 10.2. The second-order valence-electron chi connectivity index (χ2n) is 5.94. The summed E-state index contributed by atoms with van der Waals surface area (Å²) in [6, 6.07) is 17.5. The molecule has 3 rings (SSSR count). The molecule has 0 saturated carbocycles. The van der Waals surface area contributed by atoms with Gasteiger partial charge in [-0.1, -0.05) is 18.2 Å². The van der Waals surface area contributed by atoms with Gasteiger partial charge in [-0.05, 0) is 60.3 Å². The molecular weight excluding hydrogens is 381 g/mol. The smallest absolute Gasteiger partial charge is 0.233 e. The van der Waals surface area contributed by atoms with Gasteiger partial charge in [0.25, 0.3) is 0 Å². The topological polar surface area (TPSA) is 38.3 Å². The molecule has 3 aromatic rings. The number of nitrogens with one attached hydrogen (secondary N) is 1. The fraction of sp³-hybridized carbons (Fsp3) is 0.190. The van der Waals surface area contributed by atoms with Gasteiger partial charge in [0.2, 0.25) is 5.91 Å². The van der Waals surface area contributed by atoms with Crippen LogP contribution in [-0.2, 0) is 4.79 Å². The van der Waals surface area contributed by atoms with Gasteiger partial charge in [0.15, 0.2) is 0 Å². The highest BCUT2D eigenvalue weighted by Crippen LogP contribution is 2.29. The maximum Gasteiger partial charge on any atom is 0.233 e. The van der Waals surface area contributed by atoms with Crippen LogP contribution < -0.4 is 10.1 Å². The Balaban J connectivity index is 1.72. The first-order valence-electron chi connectivity index (χ1n) is 8.47. The molecule has 0 radical (unpaired) electrons. The van der Waals surface area contributed by atoms with Gasteiger partial charge in [-0.15, -0.1) is 23.1 Å². The van der Waals surface area contributed by atoms with Crippen molar-refractivity contribution >= 4 is 29.0 Å². The normalized spacial score (nSPS) is 13.0. The molecule has 27 heavy (non-hydrogen) atoms. The van der Waals surface area contributed by atoms with Crippen LogP contribution in [0.3, 0.4) is 0 Å². The number of hydrogen-bond donors (Lipinski definition) is 1. The van der Waals surface area contributed by atoms with Crippen molar-refractivity contribution in [3.63, 3.8) is 0 Å². The highest BCUT2D eigenvalue weighted by atomic mass is 32.2. The van der Waals surface area contributed by atoms with Crippen molar-refractivity contribution in [3.8, 4) is 5.75 Å². The Hall–Kier alpha value is -2.31. The van der Waals surface area contributed by atoms with E-state index < -0.39 is 0 Å². The van der Waals surface area contributed by atoms with Gasteiger partial charge in [0, 0.05) is 9.77 Å². The Morgan fingerprint density at radius 2 is 1.81 bits per heavy atom. The van der Waals surface area contributed by atoms with Crippen LogP contribution in [0, 0.1) is 5.82 Å². The lowest BCUT2D eigenvalue weighted by Crippen LogP contribution is -2.34. The van der Waals surface area contributed by atoms with Crippen molar-refractivity contribution in [1.82, 2.24) is 5.32 Å². The summed E-state index contributed by atoms with van der Waals surface area (Å²) in [5, 5.41) is 4.79. The number of thioether (sulfide) groups is 1. The number of thiophene rings is 1. The van der Waals surface area contributed by atoms with Crippen LogP contribution in [0.25, 0.3) is 0 Å². The van der Waals surface area contributed by atoms with Crippen LogP contribution in [0.15, 0.2) is 70.9 Å². The Morgan fingerprint density at radius 3 is 2.41 bits per heavy atom. The molecule has 140 valence electrons. The number of rotatable bonds is 7. The van der Waals surface area contributed by atoms with E-state index in [0.717, 1.165) is 21.1 Å². The Labute approximate surface area is 166 Å². The predicted molar refractivity (Wildman–Crippen MR) is 109 cm³/mol. The first kappa shape index (κ1) is 19.5. The lowest BCUT2D eigenvalue weighted by molar-refractivity contribution is -0.120. The maximum atomic E-state index is 13.3. The summed E-state index contributed by atoms with van der Waals surface area (Å²) >= 11 is 3.05. The summed E-state index contributed by atoms with van der Waals surface area (Å²) in [5.41, 5.74) is 0.855. The van der Waals surface area contributed by atoms with Crippen molar-refractivity contribution in [2.24, 2.45) is 0 Å². The van der Waals surface area contributed by atoms with Crippen molar-refractivity contribution in [2.45, 2.75) is 23.1 Å². The Morgan fingerprint density at radius 1 is 1.11 bits per heavy atom. The summed E-state index contributed by atoms with van der Waals surface area (Å²) in [7, 11) is 1.62. The monoisotopic (exact) mass is 401 g/mol. The second-order valence-corrected chi connectivity index (χ2v) is 8.34. The van der Waals surface area contributed by atoms with E-state index in [1.165, 1.54) is 23.9 Å². The molecule has 0 fully saturated rings. The molecule has 2 unspecified atom stereocenters. The van der Waals surface area contributed by atoms with Crippen molar-refractivity contribution < 1.29 is 13.9 Å². The van der Waals surface area contributed by atoms with Crippen LogP contribution in [-0.4, -0.2) is 18.3 Å². The average molecular weight is 402 g/mol. The summed E-state index contributed by atoms with van der Waals surface area (Å²) in [6.07, 6.45) is 0. The zero-order chi connectivity index (χ0) is 19.2. The largest absolute Gasteiger partial charge is 0.497 e. The fourth-order valence-corrected chi connectivity index (χ4v) is 4.28. The third-order valence-corrected chi connectivity index (χ3v) is 6.11. The van der Waals surface area contributed by atoms with Crippen LogP contribution in [0.5, 0.6) is 5.75 Å². The number of hydrogen-bond acceptors (Lipinski definition) is 4. The number of carbonyl (C=O) groups is 1. The van der Waals surface area contributed by atoms with Gasteiger partial charge < -0.3 is 10.1 Å². The highest BCUT2D eigenvalue weighted by molar-refractivity contribution is 8.00. The molecule has 0 aliphatic carbocycles. The SMILES string of the molecule is COc1ccc(SC(C)C(=O)NC(c2ccc(F)cc2)c2cccs2)cc1. The van der Waals surface area contributed by atoms with Crippen molar-refractivity contribution in [2.75, 3.05) is 7.11 Å². The molecule has 2 atom stereocenters. The van der Waals surface area contributed by atoms with E-state index in [9.17, 15) is 9.18 Å². The molecular formula is C21H20FNO2S2. The van der Waals surface area contributed by atoms with E-state index in [4.69, 9.17) is 4.74 Å². The molecule has 1 amide bonds. The lowest BCUT2D eigenvalue weighted by Gasteiger charge is -2.20. The minimum absolute atomic E-state index is 0.0708. The molecule has 1 heterocycles. The number of benzene rings is 2. The molecule has 0 aliphatic heterocycles. The van der Waals surface area contributed by atoms with E-state index in [-0.39, 0.29) is 23.0 Å². The molecule has 2 aromatic carbocycles. The maximum absolute atomic E-state index is 13.3. The van der Waals surface area contributed by atoms with E-state index in [0.29, 0.717) is 0 Å². The van der Waals surface area contributed by atoms with Gasteiger partial charge in [0.05, 0.1) is 18.4 Å². The van der Waals surface area contributed by atoms with Crippen molar-refractivity contribution in [3.05, 3.63) is 82.3 Å². The third-order valence-electron chi connectivity index (χ3n) is 4.06. The van der Waals surface area contributed by atoms with Gasteiger partial charge in [-0.2, -0.15) is 0 Å². The number of amides is 1. The van der Waals surface area contributed by atoms with Crippen LogP contribution in [0.4, 0.5) is 4.39 Å². The Bertz CT molecular complexity index is 864. The standard InChI is InChI=1S/C21H20FNO2S2/c1-14(27-18-11-9-17(25-2)10-12-18)21(24)23-20(19-4-3-13-26-19)15-5-7-16(22)8-6-15/h3-14,20H,1-2H3,(H,23,24). The van der Waals surface area contributed by atoms with Crippen LogP contribution in [0.1, 0.15) is 23.4 Å². The fourth-order valence-electron chi connectivity index (χ4n) is 2.60. The van der Waals surface area contributed by atoms with Gasteiger partial charge in [-0.25, -0.2) is 4.39 Å². The minimum Gasteiger partial charge on any atom is -0.497 e. The summed E-state index contributed by atoms with van der Waals surface area (Å²) < 4.78 is 18.4. The summed E-state index contributed by atoms with van der Waals surface area (Å²) in [4.78, 5) is 14.8. The molecule has 0 aliphatic rings. The van der Waals surface area contributed by atoms with Crippen LogP contribution >= 0.6 is 23.1 Å². The zero-order valence-corrected chi connectivity index (χ0v) is 16.6. The summed E-state index contributed by atoms with van der Waals surface area (Å²) in [5.74, 6) is 0.419. The molecule has 0 saturated heterocycles. The minimum atomic E-state index is -0.294. The van der Waals surface area contributed by atoms with E-state index in [1.807, 2.05) is 48.7 Å². The molecule has 1 aromatic heterocycles. The van der Waals surface area contributed by atoms with E-state index >= 15 is 0 Å². The molecule has 6 heteroatoms. The van der Waals surface area contributed by atoms with E-state index in [1.54, 1.807) is 30.6 Å². The van der Waals surface area contributed by atoms with E-state index in [2.05, 4.69) is 5.32 Å². The lowest BCUT2D eigenvalue weighted by atomic mass is 10.1. The average Bonchev–Trinajstić information content (AvgIpc) is 3.22. The second kappa shape index (κ2) is 9.06. The first-order chi connectivity index (χ1) is 13.1. The number of methoxy groups -OCH3 is 1. The number of carbonyl (C=O) groups excluding carboxylic acids is 1. The number of halogens is 1.